The van der Waals surface area contributed by atoms with Crippen LogP contribution in [0.3, 0.4) is 0 Å². The van der Waals surface area contributed by atoms with Crippen LogP contribution >= 0.6 is 0 Å². The molecular weight excluding hydrogens is 494 g/mol. The zero-order chi connectivity index (χ0) is 27.2. The Kier molecular flexibility index (Phi) is 7.63. The van der Waals surface area contributed by atoms with E-state index in [1.807, 2.05) is 48.5 Å². The van der Waals surface area contributed by atoms with Gasteiger partial charge in [0.05, 0.1) is 39.1 Å². The van der Waals surface area contributed by atoms with Crippen molar-refractivity contribution < 1.29 is 23.7 Å². The number of hydrogen-bond donors (Lipinski definition) is 2. The first-order valence-corrected chi connectivity index (χ1v) is 12.5. The van der Waals surface area contributed by atoms with E-state index in [0.717, 1.165) is 50.2 Å². The lowest BCUT2D eigenvalue weighted by atomic mass is 10.1. The van der Waals surface area contributed by atoms with Gasteiger partial charge in [0.2, 0.25) is 0 Å². The number of aromatic amines is 1. The summed E-state index contributed by atoms with van der Waals surface area (Å²) in [6.45, 7) is 0.912. The molecule has 0 bridgehead atoms. The molecule has 39 heavy (non-hydrogen) atoms. The summed E-state index contributed by atoms with van der Waals surface area (Å²) in [7, 11) is 4.57. The molecule has 2 N–H and O–H groups in total. The molecular formula is C31H29N3O5. The average Bonchev–Trinajstić information content (AvgIpc) is 3.36. The molecule has 0 radical (unpaired) electrons. The number of rotatable bonds is 10. The number of carbonyl (C=O) groups is 1. The summed E-state index contributed by atoms with van der Waals surface area (Å²) < 4.78 is 21.4. The highest BCUT2D eigenvalue weighted by molar-refractivity contribution is 6.11. The quantitative estimate of drug-likeness (QED) is 0.130. The predicted octanol–water partition coefficient (Wildman–Crippen LogP) is 6.08. The Morgan fingerprint density at radius 3 is 2.51 bits per heavy atom. The SMILES string of the molecule is COC(=O)/C=C/c1ccc(OCCNc2cc3c([nH]c4ccccc43)c(-c3ccc(OC)cc3)n2)c(OC)c1. The average molecular weight is 524 g/mol. The first-order chi connectivity index (χ1) is 19.1. The number of fused-ring (bicyclic) bond motifs is 3. The van der Waals surface area contributed by atoms with Gasteiger partial charge >= 0.3 is 5.97 Å². The number of pyridine rings is 1. The third kappa shape index (κ3) is 5.65. The lowest BCUT2D eigenvalue weighted by Gasteiger charge is -2.13. The van der Waals surface area contributed by atoms with Gasteiger partial charge < -0.3 is 29.2 Å². The standard InChI is InChI=1S/C31H29N3O5/c1-36-22-12-10-21(11-13-22)30-31-24(23-6-4-5-7-25(23)33-31)19-28(34-30)32-16-17-39-26-14-8-20(18-27(26)37-2)9-15-29(35)38-3/h4-15,18-19,33H,16-17H2,1-3H3,(H,32,34)/b15-9+. The summed E-state index contributed by atoms with van der Waals surface area (Å²) in [5.74, 6) is 2.29. The highest BCUT2D eigenvalue weighted by Gasteiger charge is 2.14. The molecule has 0 aliphatic carbocycles. The maximum absolute atomic E-state index is 11.4. The second-order valence-corrected chi connectivity index (χ2v) is 8.72. The van der Waals surface area contributed by atoms with Crippen LogP contribution in [0.2, 0.25) is 0 Å². The lowest BCUT2D eigenvalue weighted by Crippen LogP contribution is -2.13. The number of nitrogens with one attached hydrogen (secondary N) is 2. The second kappa shape index (κ2) is 11.6. The molecule has 0 amide bonds. The maximum atomic E-state index is 11.4. The van der Waals surface area contributed by atoms with Crippen LogP contribution in [0.1, 0.15) is 5.56 Å². The number of anilines is 1. The van der Waals surface area contributed by atoms with Gasteiger partial charge in [0.15, 0.2) is 11.5 Å². The Morgan fingerprint density at radius 1 is 0.923 bits per heavy atom. The molecule has 0 spiro atoms. The van der Waals surface area contributed by atoms with Crippen molar-refractivity contribution in [1.82, 2.24) is 9.97 Å². The van der Waals surface area contributed by atoms with E-state index in [1.165, 1.54) is 13.2 Å². The fourth-order valence-electron chi connectivity index (χ4n) is 4.37. The highest BCUT2D eigenvalue weighted by Crippen LogP contribution is 2.34. The zero-order valence-electron chi connectivity index (χ0n) is 22.0. The van der Waals surface area contributed by atoms with Gasteiger partial charge in [-0.1, -0.05) is 24.3 Å². The number of esters is 1. The van der Waals surface area contributed by atoms with Crippen LogP contribution in [0.5, 0.6) is 17.2 Å². The molecule has 8 heteroatoms. The first-order valence-electron chi connectivity index (χ1n) is 12.5. The Hall–Kier alpha value is -4.98. The van der Waals surface area contributed by atoms with Gasteiger partial charge in [-0.3, -0.25) is 0 Å². The van der Waals surface area contributed by atoms with E-state index >= 15 is 0 Å². The van der Waals surface area contributed by atoms with Gasteiger partial charge in [-0.2, -0.15) is 0 Å². The number of hydrogen-bond acceptors (Lipinski definition) is 7. The van der Waals surface area contributed by atoms with E-state index in [4.69, 9.17) is 19.2 Å². The van der Waals surface area contributed by atoms with Gasteiger partial charge in [-0.15, -0.1) is 0 Å². The van der Waals surface area contributed by atoms with Gasteiger partial charge in [0.25, 0.3) is 0 Å². The number of benzene rings is 3. The monoisotopic (exact) mass is 523 g/mol. The normalized spacial score (nSPS) is 11.2. The molecule has 5 rings (SSSR count). The van der Waals surface area contributed by atoms with E-state index in [0.29, 0.717) is 24.7 Å². The molecule has 0 unspecified atom stereocenters. The third-order valence-corrected chi connectivity index (χ3v) is 6.33. The molecule has 0 fully saturated rings. The van der Waals surface area contributed by atoms with E-state index in [1.54, 1.807) is 26.4 Å². The maximum Gasteiger partial charge on any atom is 0.330 e. The van der Waals surface area contributed by atoms with Crippen LogP contribution in [0.25, 0.3) is 39.1 Å². The summed E-state index contributed by atoms with van der Waals surface area (Å²) in [5, 5.41) is 5.63. The molecule has 0 saturated carbocycles. The summed E-state index contributed by atoms with van der Waals surface area (Å²) in [6, 6.07) is 23.6. The zero-order valence-corrected chi connectivity index (χ0v) is 22.0. The minimum absolute atomic E-state index is 0.388. The minimum atomic E-state index is -0.421. The van der Waals surface area contributed by atoms with E-state index < -0.39 is 5.97 Å². The molecule has 0 aliphatic rings. The molecule has 2 aromatic heterocycles. The summed E-state index contributed by atoms with van der Waals surface area (Å²) in [5.41, 5.74) is 4.67. The number of ether oxygens (including phenoxy) is 4. The Labute approximate surface area is 226 Å². The largest absolute Gasteiger partial charge is 0.497 e. The summed E-state index contributed by atoms with van der Waals surface area (Å²) in [6.07, 6.45) is 3.02. The summed E-state index contributed by atoms with van der Waals surface area (Å²) in [4.78, 5) is 19.8. The Bertz CT molecular complexity index is 1640. The van der Waals surface area contributed by atoms with Gasteiger partial charge in [0, 0.05) is 27.9 Å². The predicted molar refractivity (Wildman–Crippen MR) is 154 cm³/mol. The van der Waals surface area contributed by atoms with Crippen molar-refractivity contribution in [1.29, 1.82) is 0 Å². The van der Waals surface area contributed by atoms with Crippen LogP contribution in [-0.2, 0) is 9.53 Å². The fraction of sp³-hybridized carbons (Fsp3) is 0.161. The number of aromatic nitrogens is 2. The highest BCUT2D eigenvalue weighted by atomic mass is 16.5. The third-order valence-electron chi connectivity index (χ3n) is 6.33. The van der Waals surface area contributed by atoms with E-state index in [9.17, 15) is 4.79 Å². The smallest absolute Gasteiger partial charge is 0.330 e. The molecule has 0 saturated heterocycles. The molecule has 0 aliphatic heterocycles. The Balaban J connectivity index is 1.35. The van der Waals surface area contributed by atoms with Crippen LogP contribution in [-0.4, -0.2) is 50.4 Å². The van der Waals surface area contributed by atoms with Crippen LogP contribution in [0.15, 0.2) is 78.9 Å². The van der Waals surface area contributed by atoms with Crippen molar-refractivity contribution in [2.45, 2.75) is 0 Å². The molecule has 0 atom stereocenters. The van der Waals surface area contributed by atoms with Crippen molar-refractivity contribution >= 4 is 39.7 Å². The number of methoxy groups -OCH3 is 3. The Morgan fingerprint density at radius 2 is 1.74 bits per heavy atom. The van der Waals surface area contributed by atoms with Crippen LogP contribution in [0, 0.1) is 0 Å². The molecule has 5 aromatic rings. The topological polar surface area (TPSA) is 94.7 Å². The first kappa shape index (κ1) is 25.7. The molecule has 3 aromatic carbocycles. The number of carbonyl (C=O) groups excluding carboxylic acids is 1. The van der Waals surface area contributed by atoms with Crippen molar-refractivity contribution in [3.63, 3.8) is 0 Å². The number of nitrogens with zero attached hydrogens (tertiary/aromatic N) is 1. The van der Waals surface area contributed by atoms with Crippen LogP contribution in [0.4, 0.5) is 5.82 Å². The van der Waals surface area contributed by atoms with Gasteiger partial charge in [-0.05, 0) is 60.2 Å². The van der Waals surface area contributed by atoms with Crippen molar-refractivity contribution in [2.75, 3.05) is 39.8 Å². The van der Waals surface area contributed by atoms with E-state index in [-0.39, 0.29) is 0 Å². The van der Waals surface area contributed by atoms with Gasteiger partial charge in [-0.25, -0.2) is 9.78 Å². The second-order valence-electron chi connectivity index (χ2n) is 8.72. The van der Waals surface area contributed by atoms with Gasteiger partial charge in [0.1, 0.15) is 18.2 Å². The minimum Gasteiger partial charge on any atom is -0.497 e. The molecule has 2 heterocycles. The molecule has 8 nitrogen and oxygen atoms in total. The van der Waals surface area contributed by atoms with Crippen LogP contribution < -0.4 is 19.5 Å². The number of para-hydroxylation sites is 1. The van der Waals surface area contributed by atoms with E-state index in [2.05, 4.69) is 33.2 Å². The number of H-pyrrole nitrogens is 1. The molecule has 198 valence electrons. The summed E-state index contributed by atoms with van der Waals surface area (Å²) >= 11 is 0. The van der Waals surface area contributed by atoms with Crippen molar-refractivity contribution in [2.24, 2.45) is 0 Å². The van der Waals surface area contributed by atoms with Crippen molar-refractivity contribution in [3.8, 4) is 28.5 Å². The fourth-order valence-corrected chi connectivity index (χ4v) is 4.37. The lowest BCUT2D eigenvalue weighted by molar-refractivity contribution is -0.134. The van der Waals surface area contributed by atoms with Crippen molar-refractivity contribution in [3.05, 3.63) is 84.4 Å².